The predicted octanol–water partition coefficient (Wildman–Crippen LogP) is 5.81. The Morgan fingerprint density at radius 2 is 1.76 bits per heavy atom. The summed E-state index contributed by atoms with van der Waals surface area (Å²) in [7, 11) is 0. The standard InChI is InChI=1S/C22H17Cl2FN2O2/c23-19-10-15(26)11-20(24)22(19)29-17-5-6-18-13(9-17)7-8-27(21(18)12-28)16-3-1-14(25)2-4-16/h1-6,9-12,21H,7-8,26H2. The molecular weight excluding hydrogens is 414 g/mol. The number of aldehydes is 1. The van der Waals surface area contributed by atoms with Gasteiger partial charge in [-0.1, -0.05) is 29.3 Å². The zero-order valence-corrected chi connectivity index (χ0v) is 16.8. The number of nitrogens with zero attached hydrogens (tertiary/aromatic N) is 1. The van der Waals surface area contributed by atoms with Crippen molar-refractivity contribution >= 4 is 40.9 Å². The third-order valence-corrected chi connectivity index (χ3v) is 5.48. The molecule has 0 aromatic heterocycles. The smallest absolute Gasteiger partial charge is 0.164 e. The van der Waals surface area contributed by atoms with Gasteiger partial charge < -0.3 is 20.2 Å². The van der Waals surface area contributed by atoms with Gasteiger partial charge in [-0.3, -0.25) is 0 Å². The molecule has 0 saturated heterocycles. The number of fused-ring (bicyclic) bond motifs is 1. The summed E-state index contributed by atoms with van der Waals surface area (Å²) in [6.07, 6.45) is 1.60. The lowest BCUT2D eigenvalue weighted by molar-refractivity contribution is -0.109. The molecule has 29 heavy (non-hydrogen) atoms. The van der Waals surface area contributed by atoms with Gasteiger partial charge in [-0.15, -0.1) is 0 Å². The van der Waals surface area contributed by atoms with Crippen LogP contribution in [0.1, 0.15) is 17.2 Å². The maximum absolute atomic E-state index is 13.2. The van der Waals surface area contributed by atoms with Gasteiger partial charge >= 0.3 is 0 Å². The number of ether oxygens (including phenoxy) is 1. The van der Waals surface area contributed by atoms with Crippen LogP contribution in [0.15, 0.2) is 54.6 Å². The van der Waals surface area contributed by atoms with E-state index in [0.717, 1.165) is 23.1 Å². The number of anilines is 2. The van der Waals surface area contributed by atoms with Gasteiger partial charge in [0.15, 0.2) is 5.75 Å². The zero-order valence-electron chi connectivity index (χ0n) is 15.2. The molecule has 7 heteroatoms. The monoisotopic (exact) mass is 430 g/mol. The highest BCUT2D eigenvalue weighted by atomic mass is 35.5. The van der Waals surface area contributed by atoms with E-state index in [9.17, 15) is 9.18 Å². The van der Waals surface area contributed by atoms with Crippen molar-refractivity contribution in [2.45, 2.75) is 12.5 Å². The molecule has 0 bridgehead atoms. The van der Waals surface area contributed by atoms with E-state index in [1.807, 2.05) is 17.0 Å². The summed E-state index contributed by atoms with van der Waals surface area (Å²) in [5, 5.41) is 0.641. The average Bonchev–Trinajstić information content (AvgIpc) is 2.70. The van der Waals surface area contributed by atoms with E-state index in [1.54, 1.807) is 30.3 Å². The Hall–Kier alpha value is -2.76. The molecule has 148 valence electrons. The summed E-state index contributed by atoms with van der Waals surface area (Å²) in [6, 6.07) is 14.4. The van der Waals surface area contributed by atoms with Gasteiger partial charge in [0.25, 0.3) is 0 Å². The minimum atomic E-state index is -0.457. The van der Waals surface area contributed by atoms with Crippen LogP contribution in [0.2, 0.25) is 10.0 Å². The van der Waals surface area contributed by atoms with Crippen LogP contribution in [-0.2, 0) is 11.2 Å². The highest BCUT2D eigenvalue weighted by Gasteiger charge is 2.28. The SMILES string of the molecule is Nc1cc(Cl)c(Oc2ccc3c(c2)CCN(c2ccc(F)cc2)C3C=O)c(Cl)c1. The molecular formula is C22H17Cl2FN2O2. The number of carbonyl (C=O) groups excluding carboxylic acids is 1. The molecule has 0 spiro atoms. The second kappa shape index (κ2) is 7.93. The van der Waals surface area contributed by atoms with Crippen LogP contribution in [0.4, 0.5) is 15.8 Å². The molecule has 2 N–H and O–H groups in total. The molecule has 0 saturated carbocycles. The van der Waals surface area contributed by atoms with Gasteiger partial charge in [-0.25, -0.2) is 4.39 Å². The molecule has 1 atom stereocenters. The van der Waals surface area contributed by atoms with Crippen LogP contribution in [0, 0.1) is 5.82 Å². The average molecular weight is 431 g/mol. The third kappa shape index (κ3) is 3.88. The molecule has 0 radical (unpaired) electrons. The molecule has 0 amide bonds. The lowest BCUT2D eigenvalue weighted by Crippen LogP contribution is -2.36. The molecule has 4 rings (SSSR count). The molecule has 1 aliphatic heterocycles. The van der Waals surface area contributed by atoms with Crippen LogP contribution in [0.5, 0.6) is 11.5 Å². The van der Waals surface area contributed by atoms with Gasteiger partial charge in [0.1, 0.15) is 23.9 Å². The quantitative estimate of drug-likeness (QED) is 0.419. The van der Waals surface area contributed by atoms with Gasteiger partial charge in [0, 0.05) is 17.9 Å². The van der Waals surface area contributed by atoms with Gasteiger partial charge in [0.05, 0.1) is 10.0 Å². The Bertz CT molecular complexity index is 1050. The van der Waals surface area contributed by atoms with Crippen LogP contribution >= 0.6 is 23.2 Å². The summed E-state index contributed by atoms with van der Waals surface area (Å²) in [4.78, 5) is 13.8. The van der Waals surface area contributed by atoms with Gasteiger partial charge in [-0.2, -0.15) is 0 Å². The number of hydrogen-bond donors (Lipinski definition) is 1. The lowest BCUT2D eigenvalue weighted by Gasteiger charge is -2.36. The molecule has 0 aliphatic carbocycles. The number of benzene rings is 3. The van der Waals surface area contributed by atoms with Crippen molar-refractivity contribution in [3.63, 3.8) is 0 Å². The second-order valence-corrected chi connectivity index (χ2v) is 7.59. The van der Waals surface area contributed by atoms with Crippen LogP contribution in [-0.4, -0.2) is 12.8 Å². The second-order valence-electron chi connectivity index (χ2n) is 6.78. The predicted molar refractivity (Wildman–Crippen MR) is 114 cm³/mol. The number of nitrogen functional groups attached to an aromatic ring is 1. The van der Waals surface area contributed by atoms with E-state index in [-0.39, 0.29) is 5.82 Å². The fourth-order valence-corrected chi connectivity index (χ4v) is 4.14. The number of nitrogens with two attached hydrogens (primary N) is 1. The number of hydrogen-bond acceptors (Lipinski definition) is 4. The Labute approximate surface area is 177 Å². The Balaban J connectivity index is 1.63. The van der Waals surface area contributed by atoms with Crippen LogP contribution < -0.4 is 15.4 Å². The number of rotatable bonds is 4. The van der Waals surface area contributed by atoms with Crippen molar-refractivity contribution < 1.29 is 13.9 Å². The summed E-state index contributed by atoms with van der Waals surface area (Å²) < 4.78 is 19.1. The Morgan fingerprint density at radius 1 is 1.07 bits per heavy atom. The van der Waals surface area contributed by atoms with E-state index >= 15 is 0 Å². The third-order valence-electron chi connectivity index (χ3n) is 4.92. The molecule has 0 fully saturated rings. The van der Waals surface area contributed by atoms with E-state index < -0.39 is 6.04 Å². The minimum absolute atomic E-state index is 0.310. The van der Waals surface area contributed by atoms with Crippen molar-refractivity contribution in [1.82, 2.24) is 0 Å². The van der Waals surface area contributed by atoms with Crippen molar-refractivity contribution in [1.29, 1.82) is 0 Å². The first-order chi connectivity index (χ1) is 14.0. The van der Waals surface area contributed by atoms with Crippen molar-refractivity contribution in [2.24, 2.45) is 0 Å². The Kier molecular flexibility index (Phi) is 5.35. The fraction of sp³-hybridized carbons (Fsp3) is 0.136. The summed E-state index contributed by atoms with van der Waals surface area (Å²) in [6.45, 7) is 0.620. The first kappa shape index (κ1) is 19.6. The highest BCUT2D eigenvalue weighted by Crippen LogP contribution is 2.40. The maximum atomic E-state index is 13.2. The van der Waals surface area contributed by atoms with E-state index in [4.69, 9.17) is 33.7 Å². The van der Waals surface area contributed by atoms with Crippen LogP contribution in [0.25, 0.3) is 0 Å². The van der Waals surface area contributed by atoms with E-state index in [0.29, 0.717) is 40.2 Å². The summed E-state index contributed by atoms with van der Waals surface area (Å²) >= 11 is 12.4. The van der Waals surface area contributed by atoms with Crippen molar-refractivity contribution in [2.75, 3.05) is 17.2 Å². The molecule has 4 nitrogen and oxygen atoms in total. The molecule has 3 aromatic carbocycles. The molecule has 1 aliphatic rings. The van der Waals surface area contributed by atoms with Gasteiger partial charge in [0.2, 0.25) is 0 Å². The maximum Gasteiger partial charge on any atom is 0.164 e. The fourth-order valence-electron chi connectivity index (χ4n) is 3.56. The molecule has 1 heterocycles. The van der Waals surface area contributed by atoms with Crippen molar-refractivity contribution in [3.05, 3.63) is 81.6 Å². The summed E-state index contributed by atoms with van der Waals surface area (Å²) in [5.74, 6) is 0.589. The van der Waals surface area contributed by atoms with Crippen LogP contribution in [0.3, 0.4) is 0 Å². The Morgan fingerprint density at radius 3 is 2.41 bits per heavy atom. The first-order valence-corrected chi connectivity index (χ1v) is 9.74. The van der Waals surface area contributed by atoms with Gasteiger partial charge in [-0.05, 0) is 66.1 Å². The van der Waals surface area contributed by atoms with Crippen molar-refractivity contribution in [3.8, 4) is 11.5 Å². The summed E-state index contributed by atoms with van der Waals surface area (Å²) in [5.41, 5.74) is 8.87. The zero-order chi connectivity index (χ0) is 20.5. The van der Waals surface area contributed by atoms with E-state index in [1.165, 1.54) is 12.1 Å². The highest BCUT2D eigenvalue weighted by molar-refractivity contribution is 6.37. The number of carbonyl (C=O) groups is 1. The topological polar surface area (TPSA) is 55.6 Å². The number of halogens is 3. The lowest BCUT2D eigenvalue weighted by atomic mass is 9.92. The van der Waals surface area contributed by atoms with E-state index in [2.05, 4.69) is 0 Å². The normalized spacial score (nSPS) is 15.7. The molecule has 3 aromatic rings. The first-order valence-electron chi connectivity index (χ1n) is 8.99. The minimum Gasteiger partial charge on any atom is -0.454 e. The molecule has 1 unspecified atom stereocenters. The largest absolute Gasteiger partial charge is 0.454 e.